The number of anilines is 1. The van der Waals surface area contributed by atoms with Crippen LogP contribution in [0.15, 0.2) is 6.33 Å². The molecule has 0 aliphatic heterocycles. The summed E-state index contributed by atoms with van der Waals surface area (Å²) in [6.45, 7) is -0.0185. The predicted octanol–water partition coefficient (Wildman–Crippen LogP) is 1.44. The Morgan fingerprint density at radius 1 is 1.56 bits per heavy atom. The number of imidazole rings is 1. The summed E-state index contributed by atoms with van der Waals surface area (Å²) in [5.74, 6) is 0.187. The monoisotopic (exact) mass is 254 g/mol. The molecule has 2 rings (SSSR count). The number of aryl methyl sites for hydroxylation is 1. The summed E-state index contributed by atoms with van der Waals surface area (Å²) in [6, 6.07) is 0. The normalized spacial score (nSPS) is 18.6. The summed E-state index contributed by atoms with van der Waals surface area (Å²) in [5.41, 5.74) is -0.448. The highest BCUT2D eigenvalue weighted by Gasteiger charge is 2.34. The van der Waals surface area contributed by atoms with Gasteiger partial charge < -0.3 is 20.5 Å². The van der Waals surface area contributed by atoms with Crippen molar-refractivity contribution in [2.45, 2.75) is 37.6 Å². The zero-order valence-corrected chi connectivity index (χ0v) is 10.4. The Kier molecular flexibility index (Phi) is 3.51. The average Bonchev–Trinajstić information content (AvgIpc) is 2.72. The van der Waals surface area contributed by atoms with Crippen molar-refractivity contribution in [1.82, 2.24) is 9.55 Å². The Balaban J connectivity index is 2.26. The third-order valence-electron chi connectivity index (χ3n) is 3.59. The SMILES string of the molecule is Cn1cnc([N+](=O)[O-])c1NC1(CO)CCCCC1. The van der Waals surface area contributed by atoms with E-state index in [0.717, 1.165) is 32.1 Å². The van der Waals surface area contributed by atoms with Gasteiger partial charge in [-0.25, -0.2) is 0 Å². The second-order valence-corrected chi connectivity index (χ2v) is 4.91. The van der Waals surface area contributed by atoms with Gasteiger partial charge in [-0.05, 0) is 22.7 Å². The molecular formula is C11H18N4O3. The van der Waals surface area contributed by atoms with Crippen LogP contribution in [0, 0.1) is 10.1 Å². The lowest BCUT2D eigenvalue weighted by atomic mass is 9.82. The molecule has 1 fully saturated rings. The van der Waals surface area contributed by atoms with Crippen LogP contribution in [0.25, 0.3) is 0 Å². The second kappa shape index (κ2) is 4.93. The Morgan fingerprint density at radius 2 is 2.22 bits per heavy atom. The third kappa shape index (κ3) is 2.31. The van der Waals surface area contributed by atoms with Gasteiger partial charge in [-0.2, -0.15) is 0 Å². The second-order valence-electron chi connectivity index (χ2n) is 4.91. The van der Waals surface area contributed by atoms with E-state index in [1.165, 1.54) is 6.33 Å². The highest BCUT2D eigenvalue weighted by atomic mass is 16.6. The number of aromatic nitrogens is 2. The fraction of sp³-hybridized carbons (Fsp3) is 0.727. The minimum Gasteiger partial charge on any atom is -0.394 e. The topological polar surface area (TPSA) is 93.2 Å². The molecule has 2 N–H and O–H groups in total. The molecule has 1 aromatic heterocycles. The van der Waals surface area contributed by atoms with Gasteiger partial charge in [0.05, 0.1) is 12.1 Å². The van der Waals surface area contributed by atoms with Crippen molar-refractivity contribution in [2.75, 3.05) is 11.9 Å². The van der Waals surface area contributed by atoms with Gasteiger partial charge in [-0.15, -0.1) is 0 Å². The van der Waals surface area contributed by atoms with Crippen LogP contribution in [0.4, 0.5) is 11.6 Å². The van der Waals surface area contributed by atoms with E-state index >= 15 is 0 Å². The van der Waals surface area contributed by atoms with E-state index < -0.39 is 10.5 Å². The minimum atomic E-state index is -0.504. The molecule has 0 amide bonds. The van der Waals surface area contributed by atoms with Gasteiger partial charge in [0.2, 0.25) is 12.1 Å². The van der Waals surface area contributed by atoms with Crippen molar-refractivity contribution < 1.29 is 10.0 Å². The summed E-state index contributed by atoms with van der Waals surface area (Å²) in [5, 5.41) is 23.6. The van der Waals surface area contributed by atoms with Crippen molar-refractivity contribution in [2.24, 2.45) is 7.05 Å². The summed E-state index contributed by atoms with van der Waals surface area (Å²) < 4.78 is 1.59. The van der Waals surface area contributed by atoms with E-state index in [4.69, 9.17) is 0 Å². The first-order valence-corrected chi connectivity index (χ1v) is 6.13. The molecule has 100 valence electrons. The smallest absolute Gasteiger partial charge is 0.394 e. The van der Waals surface area contributed by atoms with Crippen LogP contribution in [-0.4, -0.2) is 31.7 Å². The van der Waals surface area contributed by atoms with Gasteiger partial charge in [0, 0.05) is 7.05 Å². The van der Waals surface area contributed by atoms with E-state index in [0.29, 0.717) is 5.82 Å². The Hall–Kier alpha value is -1.63. The summed E-state index contributed by atoms with van der Waals surface area (Å²) in [4.78, 5) is 14.2. The Morgan fingerprint density at radius 3 is 2.78 bits per heavy atom. The van der Waals surface area contributed by atoms with Crippen molar-refractivity contribution in [3.05, 3.63) is 16.4 Å². The molecule has 0 radical (unpaired) electrons. The largest absolute Gasteiger partial charge is 0.406 e. The van der Waals surface area contributed by atoms with Gasteiger partial charge >= 0.3 is 5.82 Å². The fourth-order valence-corrected chi connectivity index (χ4v) is 2.50. The Bertz CT molecular complexity index is 437. The minimum absolute atomic E-state index is 0.0185. The van der Waals surface area contributed by atoms with Gasteiger partial charge in [0.15, 0.2) is 0 Å². The molecule has 0 atom stereocenters. The first kappa shape index (κ1) is 12.8. The number of aliphatic hydroxyl groups is 1. The molecule has 0 bridgehead atoms. The van der Waals surface area contributed by atoms with Crippen molar-refractivity contribution in [3.8, 4) is 0 Å². The number of nitrogens with one attached hydrogen (secondary N) is 1. The summed E-state index contributed by atoms with van der Waals surface area (Å²) >= 11 is 0. The molecule has 1 aromatic rings. The molecule has 7 heteroatoms. The number of aliphatic hydroxyl groups excluding tert-OH is 1. The summed E-state index contributed by atoms with van der Waals surface area (Å²) in [6.07, 6.45) is 6.27. The van der Waals surface area contributed by atoms with Crippen LogP contribution in [-0.2, 0) is 7.05 Å². The predicted molar refractivity (Wildman–Crippen MR) is 66.4 cm³/mol. The van der Waals surface area contributed by atoms with E-state index in [-0.39, 0.29) is 12.4 Å². The van der Waals surface area contributed by atoms with E-state index in [1.807, 2.05) is 0 Å². The molecule has 1 aliphatic carbocycles. The van der Waals surface area contributed by atoms with Crippen LogP contribution in [0.5, 0.6) is 0 Å². The standard InChI is InChI=1S/C11H18N4O3/c1-14-8-12-9(15(17)18)10(14)13-11(7-16)5-3-2-4-6-11/h8,13,16H,2-7H2,1H3. The maximum Gasteiger partial charge on any atom is 0.406 e. The Labute approximate surface area is 105 Å². The molecular weight excluding hydrogens is 236 g/mol. The van der Waals surface area contributed by atoms with Crippen molar-refractivity contribution >= 4 is 11.6 Å². The highest BCUT2D eigenvalue weighted by molar-refractivity contribution is 5.54. The molecule has 1 aliphatic rings. The van der Waals surface area contributed by atoms with Crippen LogP contribution < -0.4 is 5.32 Å². The van der Waals surface area contributed by atoms with Gasteiger partial charge in [-0.3, -0.25) is 4.57 Å². The molecule has 0 spiro atoms. The number of hydrogen-bond acceptors (Lipinski definition) is 5. The van der Waals surface area contributed by atoms with E-state index in [1.54, 1.807) is 11.6 Å². The maximum atomic E-state index is 10.9. The van der Waals surface area contributed by atoms with Crippen molar-refractivity contribution in [3.63, 3.8) is 0 Å². The molecule has 0 saturated heterocycles. The molecule has 18 heavy (non-hydrogen) atoms. The lowest BCUT2D eigenvalue weighted by molar-refractivity contribution is -0.388. The highest BCUT2D eigenvalue weighted by Crippen LogP contribution is 2.33. The fourth-order valence-electron chi connectivity index (χ4n) is 2.50. The summed E-state index contributed by atoms with van der Waals surface area (Å²) in [7, 11) is 1.70. The number of hydrogen-bond donors (Lipinski definition) is 2. The van der Waals surface area contributed by atoms with Crippen LogP contribution in [0.1, 0.15) is 32.1 Å². The first-order chi connectivity index (χ1) is 8.58. The molecule has 0 aromatic carbocycles. The third-order valence-corrected chi connectivity index (χ3v) is 3.59. The maximum absolute atomic E-state index is 10.9. The van der Waals surface area contributed by atoms with Crippen LogP contribution >= 0.6 is 0 Å². The van der Waals surface area contributed by atoms with Crippen LogP contribution in [0.3, 0.4) is 0 Å². The van der Waals surface area contributed by atoms with Gasteiger partial charge in [0.1, 0.15) is 0 Å². The molecule has 1 heterocycles. The number of nitro groups is 1. The number of rotatable bonds is 4. The lowest BCUT2D eigenvalue weighted by Crippen LogP contribution is -2.44. The molecule has 7 nitrogen and oxygen atoms in total. The average molecular weight is 254 g/mol. The molecule has 0 unspecified atom stereocenters. The van der Waals surface area contributed by atoms with Gasteiger partial charge in [-0.1, -0.05) is 19.3 Å². The zero-order chi connectivity index (χ0) is 13.2. The first-order valence-electron chi connectivity index (χ1n) is 6.13. The molecule has 1 saturated carbocycles. The van der Waals surface area contributed by atoms with E-state index in [2.05, 4.69) is 10.3 Å². The zero-order valence-electron chi connectivity index (χ0n) is 10.4. The quantitative estimate of drug-likeness (QED) is 0.626. The van der Waals surface area contributed by atoms with E-state index in [9.17, 15) is 15.2 Å². The van der Waals surface area contributed by atoms with Crippen molar-refractivity contribution in [1.29, 1.82) is 0 Å². The lowest BCUT2D eigenvalue weighted by Gasteiger charge is -2.36. The van der Waals surface area contributed by atoms with Gasteiger partial charge in [0.25, 0.3) is 0 Å². The van der Waals surface area contributed by atoms with Crippen LogP contribution in [0.2, 0.25) is 0 Å². The number of nitrogens with zero attached hydrogens (tertiary/aromatic N) is 3.